The zero-order valence-corrected chi connectivity index (χ0v) is 19.0. The van der Waals surface area contributed by atoms with Crippen LogP contribution >= 0.6 is 11.6 Å². The van der Waals surface area contributed by atoms with Crippen LogP contribution in [0.25, 0.3) is 0 Å². The van der Waals surface area contributed by atoms with Crippen LogP contribution in [0.4, 0.5) is 10.1 Å². The fraction of sp³-hybridized carbons (Fsp3) is 0.192. The number of rotatable bonds is 3. The summed E-state index contributed by atoms with van der Waals surface area (Å²) < 4.78 is 12.6. The number of Topliss-reactive ketones (excluding diaryl/α,β-unsaturated/α-hetero) is 2. The molecule has 0 saturated carbocycles. The minimum atomic E-state index is -2.06. The summed E-state index contributed by atoms with van der Waals surface area (Å²) in [6, 6.07) is 21.3. The molecule has 34 heavy (non-hydrogen) atoms. The molecule has 0 bridgehead atoms. The van der Waals surface area contributed by atoms with Crippen molar-refractivity contribution in [1.82, 2.24) is 10.6 Å². The zero-order valence-electron chi connectivity index (χ0n) is 18.3. The SMILES string of the molecule is Fc1ccc(N2CCNCC2)cc1.O=C(NC1(Cl)C(=O)c2ccccc2C1=O)c1ccccc1. The van der Waals surface area contributed by atoms with Crippen LogP contribution in [-0.2, 0) is 0 Å². The predicted molar refractivity (Wildman–Crippen MR) is 129 cm³/mol. The summed E-state index contributed by atoms with van der Waals surface area (Å²) in [5.74, 6) is -1.94. The highest BCUT2D eigenvalue weighted by molar-refractivity contribution is 6.55. The molecule has 0 atom stereocenters. The Hall–Kier alpha value is -3.55. The van der Waals surface area contributed by atoms with Gasteiger partial charge in [0.05, 0.1) is 0 Å². The monoisotopic (exact) mass is 479 g/mol. The third-order valence-corrected chi connectivity index (χ3v) is 6.11. The van der Waals surface area contributed by atoms with Crippen molar-refractivity contribution in [3.05, 3.63) is 101 Å². The molecule has 0 radical (unpaired) electrons. The van der Waals surface area contributed by atoms with Crippen molar-refractivity contribution in [2.24, 2.45) is 0 Å². The fourth-order valence-electron chi connectivity index (χ4n) is 3.86. The minimum Gasteiger partial charge on any atom is -0.369 e. The maximum absolute atomic E-state index is 12.6. The summed E-state index contributed by atoms with van der Waals surface area (Å²) in [5, 5.41) is 5.63. The second kappa shape index (κ2) is 10.2. The smallest absolute Gasteiger partial charge is 0.253 e. The van der Waals surface area contributed by atoms with E-state index in [-0.39, 0.29) is 16.9 Å². The normalized spacial score (nSPS) is 16.4. The second-order valence-electron chi connectivity index (χ2n) is 7.90. The van der Waals surface area contributed by atoms with E-state index in [9.17, 15) is 18.8 Å². The van der Waals surface area contributed by atoms with Gasteiger partial charge in [0.15, 0.2) is 0 Å². The molecule has 0 unspecified atom stereocenters. The van der Waals surface area contributed by atoms with Gasteiger partial charge in [-0.15, -0.1) is 0 Å². The quantitative estimate of drug-likeness (QED) is 0.340. The van der Waals surface area contributed by atoms with Crippen LogP contribution in [0.2, 0.25) is 0 Å². The van der Waals surface area contributed by atoms with Crippen molar-refractivity contribution in [3.63, 3.8) is 0 Å². The molecule has 1 aliphatic carbocycles. The van der Waals surface area contributed by atoms with Gasteiger partial charge in [-0.2, -0.15) is 0 Å². The summed E-state index contributed by atoms with van der Waals surface area (Å²) in [5.41, 5.74) is 1.90. The van der Waals surface area contributed by atoms with Gasteiger partial charge >= 0.3 is 0 Å². The van der Waals surface area contributed by atoms with Gasteiger partial charge in [-0.1, -0.05) is 54.1 Å². The van der Waals surface area contributed by atoms with E-state index in [1.54, 1.807) is 42.5 Å². The van der Waals surface area contributed by atoms with Gasteiger partial charge in [-0.25, -0.2) is 4.39 Å². The average molecular weight is 480 g/mol. The van der Waals surface area contributed by atoms with E-state index >= 15 is 0 Å². The Balaban J connectivity index is 0.000000180. The van der Waals surface area contributed by atoms with Gasteiger partial charge in [-0.3, -0.25) is 14.4 Å². The molecule has 3 aromatic rings. The molecule has 2 aliphatic rings. The van der Waals surface area contributed by atoms with Crippen molar-refractivity contribution in [1.29, 1.82) is 0 Å². The first-order valence-corrected chi connectivity index (χ1v) is 11.2. The van der Waals surface area contributed by atoms with Crippen LogP contribution in [0.15, 0.2) is 78.9 Å². The molecule has 0 spiro atoms. The number of ketones is 2. The molecule has 174 valence electrons. The van der Waals surface area contributed by atoms with Crippen LogP contribution in [0.3, 0.4) is 0 Å². The number of carbonyl (C=O) groups is 3. The van der Waals surface area contributed by atoms with Gasteiger partial charge in [0.1, 0.15) is 5.82 Å². The lowest BCUT2D eigenvalue weighted by Crippen LogP contribution is -2.52. The van der Waals surface area contributed by atoms with Gasteiger partial charge in [-0.05, 0) is 36.4 Å². The number of hydrogen-bond donors (Lipinski definition) is 2. The molecule has 1 fully saturated rings. The maximum Gasteiger partial charge on any atom is 0.253 e. The molecule has 0 aromatic heterocycles. The molecular weight excluding hydrogens is 457 g/mol. The molecule has 5 rings (SSSR count). The van der Waals surface area contributed by atoms with Gasteiger partial charge < -0.3 is 15.5 Å². The van der Waals surface area contributed by atoms with Crippen LogP contribution < -0.4 is 15.5 Å². The van der Waals surface area contributed by atoms with E-state index in [0.29, 0.717) is 5.56 Å². The van der Waals surface area contributed by atoms with Gasteiger partial charge in [0.25, 0.3) is 5.91 Å². The summed E-state index contributed by atoms with van der Waals surface area (Å²) in [6.45, 7) is 4.03. The van der Waals surface area contributed by atoms with E-state index in [1.165, 1.54) is 24.3 Å². The molecule has 1 saturated heterocycles. The zero-order chi connectivity index (χ0) is 24.1. The van der Waals surface area contributed by atoms with Gasteiger partial charge in [0.2, 0.25) is 16.6 Å². The van der Waals surface area contributed by atoms with Crippen LogP contribution in [0.1, 0.15) is 31.1 Å². The fourth-order valence-corrected chi connectivity index (χ4v) is 4.15. The molecule has 1 heterocycles. The topological polar surface area (TPSA) is 78.5 Å². The van der Waals surface area contributed by atoms with Crippen LogP contribution in [0.5, 0.6) is 0 Å². The first-order chi connectivity index (χ1) is 16.4. The predicted octanol–water partition coefficient (Wildman–Crippen LogP) is 3.67. The van der Waals surface area contributed by atoms with Crippen molar-refractivity contribution < 1.29 is 18.8 Å². The number of halogens is 2. The van der Waals surface area contributed by atoms with E-state index in [4.69, 9.17) is 11.6 Å². The minimum absolute atomic E-state index is 0.168. The van der Waals surface area contributed by atoms with Crippen molar-refractivity contribution in [2.45, 2.75) is 5.00 Å². The Morgan fingerprint density at radius 2 is 1.38 bits per heavy atom. The Labute approximate surface area is 201 Å². The number of hydrogen-bond acceptors (Lipinski definition) is 5. The van der Waals surface area contributed by atoms with E-state index in [1.807, 2.05) is 12.1 Å². The lowest BCUT2D eigenvalue weighted by molar-refractivity contribution is 0.0772. The molecule has 1 aliphatic heterocycles. The van der Waals surface area contributed by atoms with E-state index in [2.05, 4.69) is 15.5 Å². The van der Waals surface area contributed by atoms with E-state index < -0.39 is 22.5 Å². The van der Waals surface area contributed by atoms with Crippen molar-refractivity contribution in [2.75, 3.05) is 31.1 Å². The Kier molecular flexibility index (Phi) is 7.05. The number of piperazine rings is 1. The number of amides is 1. The average Bonchev–Trinajstić information content (AvgIpc) is 3.07. The molecular formula is C26H23ClFN3O3. The highest BCUT2D eigenvalue weighted by Gasteiger charge is 2.53. The first-order valence-electron chi connectivity index (χ1n) is 10.9. The van der Waals surface area contributed by atoms with Crippen molar-refractivity contribution in [3.8, 4) is 0 Å². The summed E-state index contributed by atoms with van der Waals surface area (Å²) >= 11 is 6.15. The molecule has 2 N–H and O–H groups in total. The second-order valence-corrected chi connectivity index (χ2v) is 8.46. The third kappa shape index (κ3) is 4.85. The standard InChI is InChI=1S/C16H10ClNO3.C10H13FN2/c17-16(18-15(21)10-6-2-1-3-7-10)13(19)11-8-4-5-9-12(11)14(16)20;11-9-1-3-10(4-2-9)13-7-5-12-6-8-13/h1-9H,(H,18,21);1-4,12H,5-8H2. The molecule has 8 heteroatoms. The highest BCUT2D eigenvalue weighted by Crippen LogP contribution is 2.33. The van der Waals surface area contributed by atoms with E-state index in [0.717, 1.165) is 31.9 Å². The number of carbonyl (C=O) groups excluding carboxylic acids is 3. The summed E-state index contributed by atoms with van der Waals surface area (Å²) in [4.78, 5) is 37.0. The first kappa shape index (κ1) is 23.6. The third-order valence-electron chi connectivity index (χ3n) is 5.67. The maximum atomic E-state index is 12.6. The van der Waals surface area contributed by atoms with Crippen LogP contribution in [0, 0.1) is 5.82 Å². The Morgan fingerprint density at radius 1 is 0.853 bits per heavy atom. The lowest BCUT2D eigenvalue weighted by Gasteiger charge is -2.29. The Bertz CT molecular complexity index is 1160. The molecule has 1 amide bonds. The molecule has 3 aromatic carbocycles. The number of nitrogens with one attached hydrogen (secondary N) is 2. The number of benzene rings is 3. The number of fused-ring (bicyclic) bond motifs is 1. The largest absolute Gasteiger partial charge is 0.369 e. The van der Waals surface area contributed by atoms with Crippen LogP contribution in [-0.4, -0.2) is 48.7 Å². The summed E-state index contributed by atoms with van der Waals surface area (Å²) in [7, 11) is 0. The number of anilines is 1. The Morgan fingerprint density at radius 3 is 1.94 bits per heavy atom. The lowest BCUT2D eigenvalue weighted by atomic mass is 10.1. The highest BCUT2D eigenvalue weighted by atomic mass is 35.5. The molecule has 6 nitrogen and oxygen atoms in total. The number of alkyl halides is 1. The van der Waals surface area contributed by atoms with Crippen molar-refractivity contribution >= 4 is 34.8 Å². The number of nitrogens with zero attached hydrogens (tertiary/aromatic N) is 1. The van der Waals surface area contributed by atoms with Gasteiger partial charge in [0, 0.05) is 48.6 Å². The summed E-state index contributed by atoms with van der Waals surface area (Å²) in [6.07, 6.45) is 0.